The zero-order valence-electron chi connectivity index (χ0n) is 18.0. The summed E-state index contributed by atoms with van der Waals surface area (Å²) in [5, 5.41) is -2.45. The van der Waals surface area contributed by atoms with Crippen LogP contribution < -0.4 is 0 Å². The molecular formula is C22H45FO3S. The molecular weight excluding hydrogens is 363 g/mol. The SMILES string of the molecule is CCCCCCCCCCCCC(F)(CCCCCCCCC)S(=O)(=O)O. The Morgan fingerprint density at radius 3 is 1.11 bits per heavy atom. The minimum atomic E-state index is -4.64. The molecule has 1 N–H and O–H groups in total. The second kappa shape index (κ2) is 16.8. The number of hydrogen-bond acceptors (Lipinski definition) is 2. The van der Waals surface area contributed by atoms with Gasteiger partial charge in [0.1, 0.15) is 0 Å². The molecule has 0 aromatic carbocycles. The minimum absolute atomic E-state index is 0.0713. The molecule has 0 radical (unpaired) electrons. The van der Waals surface area contributed by atoms with Crippen molar-refractivity contribution in [1.29, 1.82) is 0 Å². The van der Waals surface area contributed by atoms with E-state index in [1.165, 1.54) is 57.8 Å². The van der Waals surface area contributed by atoms with Crippen LogP contribution in [0.15, 0.2) is 0 Å². The van der Waals surface area contributed by atoms with Gasteiger partial charge in [-0.2, -0.15) is 8.42 Å². The lowest BCUT2D eigenvalue weighted by Crippen LogP contribution is -2.33. The fourth-order valence-electron chi connectivity index (χ4n) is 3.61. The summed E-state index contributed by atoms with van der Waals surface area (Å²) in [6, 6.07) is 0. The second-order valence-electron chi connectivity index (χ2n) is 8.16. The fraction of sp³-hybridized carbons (Fsp3) is 1.00. The van der Waals surface area contributed by atoms with Gasteiger partial charge in [-0.3, -0.25) is 4.55 Å². The van der Waals surface area contributed by atoms with E-state index in [9.17, 15) is 17.4 Å². The first kappa shape index (κ1) is 26.8. The standard InChI is InChI=1S/C22H45FO3S/c1-3-5-7-9-11-12-13-15-17-19-21-22(23,27(24,25)26)20-18-16-14-10-8-6-4-2/h3-21H2,1-2H3,(H,24,25,26). The zero-order valence-corrected chi connectivity index (χ0v) is 18.8. The lowest BCUT2D eigenvalue weighted by atomic mass is 10.0. The lowest BCUT2D eigenvalue weighted by molar-refractivity contribution is 0.203. The van der Waals surface area contributed by atoms with E-state index < -0.39 is 15.1 Å². The number of rotatable bonds is 20. The average molecular weight is 409 g/mol. The van der Waals surface area contributed by atoms with Gasteiger partial charge in [-0.15, -0.1) is 0 Å². The van der Waals surface area contributed by atoms with Crippen LogP contribution in [0.25, 0.3) is 0 Å². The van der Waals surface area contributed by atoms with Crippen LogP contribution in [0.3, 0.4) is 0 Å². The smallest absolute Gasteiger partial charge is 0.283 e. The topological polar surface area (TPSA) is 54.4 Å². The highest BCUT2D eigenvalue weighted by Crippen LogP contribution is 2.32. The Balaban J connectivity index is 3.89. The van der Waals surface area contributed by atoms with Crippen LogP contribution >= 0.6 is 0 Å². The Morgan fingerprint density at radius 1 is 0.593 bits per heavy atom. The largest absolute Gasteiger partial charge is 0.300 e. The number of alkyl halides is 1. The van der Waals surface area contributed by atoms with Crippen molar-refractivity contribution < 1.29 is 17.4 Å². The minimum Gasteiger partial charge on any atom is -0.283 e. The molecule has 0 saturated heterocycles. The molecule has 1 atom stereocenters. The molecule has 164 valence electrons. The van der Waals surface area contributed by atoms with E-state index in [1.54, 1.807) is 0 Å². The molecule has 0 heterocycles. The first-order chi connectivity index (χ1) is 12.9. The molecule has 0 aromatic rings. The maximum absolute atomic E-state index is 14.8. The summed E-state index contributed by atoms with van der Waals surface area (Å²) >= 11 is 0. The lowest BCUT2D eigenvalue weighted by Gasteiger charge is -2.22. The molecule has 3 nitrogen and oxygen atoms in total. The highest BCUT2D eigenvalue weighted by molar-refractivity contribution is 7.87. The van der Waals surface area contributed by atoms with Crippen molar-refractivity contribution >= 4 is 10.1 Å². The van der Waals surface area contributed by atoms with Crippen molar-refractivity contribution in [3.63, 3.8) is 0 Å². The monoisotopic (exact) mass is 408 g/mol. The summed E-state index contributed by atoms with van der Waals surface area (Å²) in [6.45, 7) is 4.38. The Hall–Kier alpha value is -0.160. The molecule has 0 rings (SSSR count). The van der Waals surface area contributed by atoms with Gasteiger partial charge in [0.25, 0.3) is 10.1 Å². The molecule has 5 heteroatoms. The van der Waals surface area contributed by atoms with E-state index in [1.807, 2.05) is 0 Å². The summed E-state index contributed by atoms with van der Waals surface area (Å²) in [6.07, 6.45) is 18.1. The van der Waals surface area contributed by atoms with Crippen molar-refractivity contribution in [3.8, 4) is 0 Å². The molecule has 0 bridgehead atoms. The van der Waals surface area contributed by atoms with E-state index in [0.717, 1.165) is 38.5 Å². The zero-order chi connectivity index (χ0) is 20.4. The van der Waals surface area contributed by atoms with Gasteiger partial charge >= 0.3 is 0 Å². The van der Waals surface area contributed by atoms with Crippen LogP contribution in [0.1, 0.15) is 136 Å². The quantitative estimate of drug-likeness (QED) is 0.164. The third kappa shape index (κ3) is 14.5. The van der Waals surface area contributed by atoms with Gasteiger partial charge in [-0.25, -0.2) is 4.39 Å². The Bertz CT molecular complexity index is 425. The summed E-state index contributed by atoms with van der Waals surface area (Å²) in [7, 11) is -4.64. The van der Waals surface area contributed by atoms with E-state index in [-0.39, 0.29) is 12.8 Å². The van der Waals surface area contributed by atoms with Crippen molar-refractivity contribution in [2.45, 2.75) is 141 Å². The van der Waals surface area contributed by atoms with Crippen molar-refractivity contribution in [2.75, 3.05) is 0 Å². The second-order valence-corrected chi connectivity index (χ2v) is 9.84. The first-order valence-electron chi connectivity index (χ1n) is 11.5. The van der Waals surface area contributed by atoms with Crippen LogP contribution in [-0.2, 0) is 10.1 Å². The van der Waals surface area contributed by atoms with Crippen LogP contribution in [0.2, 0.25) is 0 Å². The van der Waals surface area contributed by atoms with Gasteiger partial charge in [0, 0.05) is 0 Å². The number of hydrogen-bond donors (Lipinski definition) is 1. The predicted octanol–water partition coefficient (Wildman–Crippen LogP) is 7.99. The van der Waals surface area contributed by atoms with Crippen LogP contribution in [0, 0.1) is 0 Å². The molecule has 0 aliphatic carbocycles. The van der Waals surface area contributed by atoms with E-state index in [4.69, 9.17) is 0 Å². The van der Waals surface area contributed by atoms with Crippen LogP contribution in [0.4, 0.5) is 4.39 Å². The van der Waals surface area contributed by atoms with Crippen LogP contribution in [-0.4, -0.2) is 18.0 Å². The van der Waals surface area contributed by atoms with Gasteiger partial charge in [0.2, 0.25) is 5.00 Å². The summed E-state index contributed by atoms with van der Waals surface area (Å²) in [5.74, 6) is 0. The first-order valence-corrected chi connectivity index (χ1v) is 13.0. The van der Waals surface area contributed by atoms with Gasteiger partial charge in [-0.05, 0) is 25.7 Å². The predicted molar refractivity (Wildman–Crippen MR) is 114 cm³/mol. The van der Waals surface area contributed by atoms with Crippen molar-refractivity contribution in [1.82, 2.24) is 0 Å². The highest BCUT2D eigenvalue weighted by atomic mass is 32.2. The Labute approximate surface area is 168 Å². The van der Waals surface area contributed by atoms with E-state index >= 15 is 0 Å². The van der Waals surface area contributed by atoms with Gasteiger partial charge < -0.3 is 0 Å². The Morgan fingerprint density at radius 2 is 0.852 bits per heavy atom. The third-order valence-corrected chi connectivity index (χ3v) is 6.85. The fourth-order valence-corrected chi connectivity index (χ4v) is 4.41. The molecule has 0 amide bonds. The van der Waals surface area contributed by atoms with Crippen molar-refractivity contribution in [2.24, 2.45) is 0 Å². The van der Waals surface area contributed by atoms with E-state index in [0.29, 0.717) is 12.8 Å². The maximum atomic E-state index is 14.8. The summed E-state index contributed by atoms with van der Waals surface area (Å²) in [4.78, 5) is 0. The summed E-state index contributed by atoms with van der Waals surface area (Å²) in [5.41, 5.74) is 0. The molecule has 0 fully saturated rings. The van der Waals surface area contributed by atoms with Gasteiger partial charge in [-0.1, -0.05) is 110 Å². The molecule has 0 aromatic heterocycles. The molecule has 0 aliphatic heterocycles. The maximum Gasteiger partial charge on any atom is 0.300 e. The van der Waals surface area contributed by atoms with Gasteiger partial charge in [0.05, 0.1) is 0 Å². The van der Waals surface area contributed by atoms with E-state index in [2.05, 4.69) is 13.8 Å². The highest BCUT2D eigenvalue weighted by Gasteiger charge is 2.41. The average Bonchev–Trinajstić information content (AvgIpc) is 2.61. The molecule has 1 unspecified atom stereocenters. The Kier molecular flexibility index (Phi) is 16.7. The van der Waals surface area contributed by atoms with Gasteiger partial charge in [0.15, 0.2) is 0 Å². The third-order valence-electron chi connectivity index (χ3n) is 5.52. The van der Waals surface area contributed by atoms with Crippen LogP contribution in [0.5, 0.6) is 0 Å². The normalized spacial score (nSPS) is 14.4. The molecule has 27 heavy (non-hydrogen) atoms. The number of unbranched alkanes of at least 4 members (excludes halogenated alkanes) is 15. The molecule has 0 spiro atoms. The summed E-state index contributed by atoms with van der Waals surface area (Å²) < 4.78 is 47.2. The number of halogens is 1. The molecule has 0 aliphatic rings. The van der Waals surface area contributed by atoms with Crippen molar-refractivity contribution in [3.05, 3.63) is 0 Å². The molecule has 0 saturated carbocycles.